The molecule has 0 spiro atoms. The minimum absolute atomic E-state index is 0.159. The van der Waals surface area contributed by atoms with Crippen LogP contribution in [0.1, 0.15) is 0 Å². The monoisotopic (exact) mass is 235 g/mol. The minimum atomic E-state index is -0.496. The van der Waals surface area contributed by atoms with Crippen LogP contribution in [-0.2, 0) is 0 Å². The Hall–Kier alpha value is -2.44. The lowest BCUT2D eigenvalue weighted by atomic mass is 10.3. The molecular weight excluding hydrogens is 225 g/mol. The summed E-state index contributed by atoms with van der Waals surface area (Å²) in [7, 11) is 1.39. The van der Waals surface area contributed by atoms with E-state index in [1.807, 2.05) is 0 Å². The Morgan fingerprint density at radius 1 is 1.41 bits per heavy atom. The number of H-pyrrole nitrogens is 1. The number of nitrogens with two attached hydrogens (primary N) is 1. The normalized spacial score (nSPS) is 10.9. The molecule has 0 bridgehead atoms. The number of rotatable bonds is 3. The largest absolute Gasteiger partial charge is 0.494 e. The highest BCUT2D eigenvalue weighted by atomic mass is 19.1. The molecule has 2 aromatic rings. The number of nitrogen functional groups attached to an aromatic ring is 1. The molecule has 17 heavy (non-hydrogen) atoms. The van der Waals surface area contributed by atoms with Crippen LogP contribution in [0.2, 0.25) is 0 Å². The van der Waals surface area contributed by atoms with Gasteiger partial charge in [-0.2, -0.15) is 10.2 Å². The van der Waals surface area contributed by atoms with E-state index < -0.39 is 5.82 Å². The molecule has 1 aromatic heterocycles. The molecule has 0 atom stereocenters. The highest BCUT2D eigenvalue weighted by Gasteiger charge is 2.03. The van der Waals surface area contributed by atoms with Crippen LogP contribution in [0.15, 0.2) is 34.6 Å². The van der Waals surface area contributed by atoms with Crippen LogP contribution < -0.4 is 10.5 Å². The van der Waals surface area contributed by atoms with Gasteiger partial charge < -0.3 is 10.5 Å². The Morgan fingerprint density at radius 2 is 2.24 bits per heavy atom. The number of ether oxygens (including phenoxy) is 1. The van der Waals surface area contributed by atoms with Gasteiger partial charge in [0.2, 0.25) is 0 Å². The Kier molecular flexibility index (Phi) is 2.99. The van der Waals surface area contributed by atoms with Crippen molar-refractivity contribution in [2.75, 3.05) is 12.8 Å². The van der Waals surface area contributed by atoms with Crippen LogP contribution >= 0.6 is 0 Å². The van der Waals surface area contributed by atoms with E-state index in [9.17, 15) is 4.39 Å². The van der Waals surface area contributed by atoms with Crippen LogP contribution in [0.25, 0.3) is 0 Å². The number of nitrogens with zero attached hydrogens (tertiary/aromatic N) is 3. The highest BCUT2D eigenvalue weighted by Crippen LogP contribution is 2.25. The van der Waals surface area contributed by atoms with Gasteiger partial charge in [0, 0.05) is 6.07 Å². The van der Waals surface area contributed by atoms with E-state index in [-0.39, 0.29) is 5.75 Å². The molecule has 2 rings (SSSR count). The first-order valence-electron chi connectivity index (χ1n) is 4.75. The van der Waals surface area contributed by atoms with Gasteiger partial charge in [0.25, 0.3) is 0 Å². The molecule has 0 aliphatic rings. The van der Waals surface area contributed by atoms with Crippen molar-refractivity contribution < 1.29 is 9.13 Å². The maximum absolute atomic E-state index is 13.3. The second-order valence-corrected chi connectivity index (χ2v) is 3.19. The van der Waals surface area contributed by atoms with Crippen LogP contribution in [0.5, 0.6) is 5.75 Å². The summed E-state index contributed by atoms with van der Waals surface area (Å²) < 4.78 is 18.1. The number of azo groups is 1. The predicted molar refractivity (Wildman–Crippen MR) is 60.1 cm³/mol. The summed E-state index contributed by atoms with van der Waals surface area (Å²) in [5, 5.41) is 13.9. The molecule has 0 saturated carbocycles. The predicted octanol–water partition coefficient (Wildman–Crippen LogP) is 2.55. The fourth-order valence-electron chi connectivity index (χ4n) is 1.20. The van der Waals surface area contributed by atoms with E-state index in [4.69, 9.17) is 10.5 Å². The average Bonchev–Trinajstić information content (AvgIpc) is 2.72. The van der Waals surface area contributed by atoms with Crippen molar-refractivity contribution >= 4 is 17.2 Å². The van der Waals surface area contributed by atoms with E-state index in [2.05, 4.69) is 20.4 Å². The molecule has 0 aliphatic heterocycles. The molecular formula is C10H10FN5O. The van der Waals surface area contributed by atoms with E-state index >= 15 is 0 Å². The summed E-state index contributed by atoms with van der Waals surface area (Å²) in [5.74, 6) is -0.0291. The zero-order valence-corrected chi connectivity index (χ0v) is 9.01. The number of hydrogen-bond acceptors (Lipinski definition) is 5. The van der Waals surface area contributed by atoms with Gasteiger partial charge in [-0.25, -0.2) is 4.39 Å². The Morgan fingerprint density at radius 3 is 2.82 bits per heavy atom. The molecule has 0 saturated heterocycles. The molecule has 88 valence electrons. The van der Waals surface area contributed by atoms with Crippen LogP contribution in [0, 0.1) is 5.82 Å². The minimum Gasteiger partial charge on any atom is -0.494 e. The third kappa shape index (κ3) is 2.39. The number of halogens is 1. The zero-order chi connectivity index (χ0) is 12.3. The molecule has 0 radical (unpaired) electrons. The molecule has 0 fully saturated rings. The summed E-state index contributed by atoms with van der Waals surface area (Å²) >= 11 is 0. The van der Waals surface area contributed by atoms with Gasteiger partial charge in [0.05, 0.1) is 19.0 Å². The Balaban J connectivity index is 2.22. The van der Waals surface area contributed by atoms with Gasteiger partial charge in [0.15, 0.2) is 11.6 Å². The zero-order valence-electron chi connectivity index (χ0n) is 9.01. The molecule has 3 N–H and O–H groups in total. The summed E-state index contributed by atoms with van der Waals surface area (Å²) in [6.45, 7) is 0. The van der Waals surface area contributed by atoms with Crippen LogP contribution in [0.3, 0.4) is 0 Å². The standard InChI is InChI=1S/C10H10FN5O/c1-17-9-3-2-6(4-7(9)11)14-15-8-5-13-16-10(8)12/h2-5H,1H3,(H3,12,13,16). The molecule has 7 heteroatoms. The van der Waals surface area contributed by atoms with E-state index in [1.165, 1.54) is 25.4 Å². The van der Waals surface area contributed by atoms with E-state index in [0.717, 1.165) is 0 Å². The lowest BCUT2D eigenvalue weighted by Crippen LogP contribution is -1.86. The van der Waals surface area contributed by atoms with Gasteiger partial charge in [-0.3, -0.25) is 5.10 Å². The average molecular weight is 235 g/mol. The van der Waals surface area contributed by atoms with Crippen molar-refractivity contribution in [3.8, 4) is 5.75 Å². The van der Waals surface area contributed by atoms with Gasteiger partial charge in [-0.05, 0) is 12.1 Å². The van der Waals surface area contributed by atoms with Crippen molar-refractivity contribution in [2.24, 2.45) is 10.2 Å². The van der Waals surface area contributed by atoms with Crippen LogP contribution in [0.4, 0.5) is 21.6 Å². The van der Waals surface area contributed by atoms with E-state index in [1.54, 1.807) is 6.07 Å². The number of anilines is 1. The first-order chi connectivity index (χ1) is 8.20. The topological polar surface area (TPSA) is 88.7 Å². The first-order valence-corrected chi connectivity index (χ1v) is 4.75. The number of aromatic amines is 1. The molecule has 1 heterocycles. The number of aromatic nitrogens is 2. The Labute approximate surface area is 96.3 Å². The van der Waals surface area contributed by atoms with Crippen molar-refractivity contribution in [1.82, 2.24) is 10.2 Å². The SMILES string of the molecule is COc1ccc(N=Nc2cn[nH]c2N)cc1F. The van der Waals surface area contributed by atoms with Gasteiger partial charge in [-0.15, -0.1) is 5.11 Å². The molecule has 0 amide bonds. The lowest BCUT2D eigenvalue weighted by Gasteiger charge is -2.00. The van der Waals surface area contributed by atoms with Crippen molar-refractivity contribution in [3.05, 3.63) is 30.2 Å². The number of methoxy groups -OCH3 is 1. The summed E-state index contributed by atoms with van der Waals surface area (Å²) in [6.07, 6.45) is 1.43. The molecule has 6 nitrogen and oxygen atoms in total. The van der Waals surface area contributed by atoms with Crippen molar-refractivity contribution in [2.45, 2.75) is 0 Å². The summed E-state index contributed by atoms with van der Waals surface area (Å²) in [6, 6.07) is 4.28. The quantitative estimate of drug-likeness (QED) is 0.801. The highest BCUT2D eigenvalue weighted by molar-refractivity contribution is 5.55. The summed E-state index contributed by atoms with van der Waals surface area (Å²) in [4.78, 5) is 0. The van der Waals surface area contributed by atoms with E-state index in [0.29, 0.717) is 17.2 Å². The first kappa shape index (κ1) is 11.1. The third-order valence-corrected chi connectivity index (χ3v) is 2.06. The second-order valence-electron chi connectivity index (χ2n) is 3.19. The van der Waals surface area contributed by atoms with Gasteiger partial charge in [-0.1, -0.05) is 0 Å². The number of benzene rings is 1. The number of nitrogens with one attached hydrogen (secondary N) is 1. The van der Waals surface area contributed by atoms with Gasteiger partial charge in [0.1, 0.15) is 11.5 Å². The smallest absolute Gasteiger partial charge is 0.167 e. The third-order valence-electron chi connectivity index (χ3n) is 2.06. The molecule has 0 aliphatic carbocycles. The fourth-order valence-corrected chi connectivity index (χ4v) is 1.20. The van der Waals surface area contributed by atoms with Crippen LogP contribution in [-0.4, -0.2) is 17.3 Å². The van der Waals surface area contributed by atoms with Gasteiger partial charge >= 0.3 is 0 Å². The molecule has 0 unspecified atom stereocenters. The van der Waals surface area contributed by atoms with Crippen molar-refractivity contribution in [3.63, 3.8) is 0 Å². The Bertz CT molecular complexity index is 551. The second kappa shape index (κ2) is 4.60. The number of hydrogen-bond donors (Lipinski definition) is 2. The lowest BCUT2D eigenvalue weighted by molar-refractivity contribution is 0.386. The maximum atomic E-state index is 13.3. The maximum Gasteiger partial charge on any atom is 0.167 e. The molecule has 1 aromatic carbocycles. The fraction of sp³-hybridized carbons (Fsp3) is 0.100. The van der Waals surface area contributed by atoms with Crippen molar-refractivity contribution in [1.29, 1.82) is 0 Å². The summed E-state index contributed by atoms with van der Waals surface area (Å²) in [5.41, 5.74) is 6.28.